The van der Waals surface area contributed by atoms with E-state index in [0.29, 0.717) is 55.0 Å². The van der Waals surface area contributed by atoms with E-state index in [2.05, 4.69) is 15.2 Å². The Labute approximate surface area is 168 Å². The fourth-order valence-corrected chi connectivity index (χ4v) is 3.14. The van der Waals surface area contributed by atoms with Crippen LogP contribution >= 0.6 is 0 Å². The number of phenolic OH excluding ortho intramolecular Hbond substituents is 1. The van der Waals surface area contributed by atoms with Crippen molar-refractivity contribution in [2.24, 2.45) is 0 Å². The summed E-state index contributed by atoms with van der Waals surface area (Å²) in [6.45, 7) is 2.68. The number of hydrogen-bond donors (Lipinski definition) is 4. The molecule has 1 saturated heterocycles. The number of nitrogens with two attached hydrogens (primary N) is 1. The Bertz CT molecular complexity index is 1030. The summed E-state index contributed by atoms with van der Waals surface area (Å²) >= 11 is 0. The van der Waals surface area contributed by atoms with Gasteiger partial charge in [0, 0.05) is 47.9 Å². The monoisotopic (exact) mass is 390 g/mol. The molecule has 2 aromatic carbocycles. The minimum absolute atomic E-state index is 0.178. The number of aromatic hydroxyl groups is 1. The molecule has 0 aliphatic carbocycles. The standard InChI is InChI=1S/C21H22N6O2/c22-13-15-10-16(4-5-18(15)23)24-20-12-19(14-2-1-3-17(28)11-14)25-21(26-20)27-6-8-29-9-7-27/h1-5,10-13,22,28H,6-9,23H2,(H,24,25,26). The number of aromatic nitrogens is 2. The Morgan fingerprint density at radius 3 is 2.69 bits per heavy atom. The summed E-state index contributed by atoms with van der Waals surface area (Å²) in [5.41, 5.74) is 9.32. The minimum atomic E-state index is 0.178. The first-order chi connectivity index (χ1) is 14.1. The lowest BCUT2D eigenvalue weighted by Crippen LogP contribution is -2.37. The van der Waals surface area contributed by atoms with Gasteiger partial charge in [-0.2, -0.15) is 4.98 Å². The van der Waals surface area contributed by atoms with E-state index in [1.165, 1.54) is 6.21 Å². The summed E-state index contributed by atoms with van der Waals surface area (Å²) in [7, 11) is 0. The quantitative estimate of drug-likeness (QED) is 0.390. The molecule has 0 amide bonds. The molecule has 4 rings (SSSR count). The molecule has 0 radical (unpaired) electrons. The molecule has 0 atom stereocenters. The summed E-state index contributed by atoms with van der Waals surface area (Å²) in [6.07, 6.45) is 1.22. The highest BCUT2D eigenvalue weighted by atomic mass is 16.5. The van der Waals surface area contributed by atoms with E-state index in [1.54, 1.807) is 30.3 Å². The van der Waals surface area contributed by atoms with Crippen LogP contribution in [-0.4, -0.2) is 47.6 Å². The van der Waals surface area contributed by atoms with Gasteiger partial charge in [-0.3, -0.25) is 0 Å². The molecular formula is C21H22N6O2. The lowest BCUT2D eigenvalue weighted by molar-refractivity contribution is 0.122. The zero-order chi connectivity index (χ0) is 20.2. The van der Waals surface area contributed by atoms with Crippen LogP contribution in [0.3, 0.4) is 0 Å². The molecule has 29 heavy (non-hydrogen) atoms. The van der Waals surface area contributed by atoms with E-state index >= 15 is 0 Å². The van der Waals surface area contributed by atoms with Gasteiger partial charge in [0.2, 0.25) is 5.95 Å². The van der Waals surface area contributed by atoms with Gasteiger partial charge in [0.15, 0.2) is 0 Å². The van der Waals surface area contributed by atoms with Crippen molar-refractivity contribution in [2.75, 3.05) is 42.3 Å². The Balaban J connectivity index is 1.73. The highest BCUT2D eigenvalue weighted by molar-refractivity contribution is 5.87. The molecule has 0 unspecified atom stereocenters. The van der Waals surface area contributed by atoms with Crippen molar-refractivity contribution < 1.29 is 9.84 Å². The van der Waals surface area contributed by atoms with Crippen LogP contribution in [0.15, 0.2) is 48.5 Å². The Morgan fingerprint density at radius 1 is 1.10 bits per heavy atom. The maximum Gasteiger partial charge on any atom is 0.228 e. The van der Waals surface area contributed by atoms with E-state index in [9.17, 15) is 5.11 Å². The number of nitrogen functional groups attached to an aromatic ring is 1. The minimum Gasteiger partial charge on any atom is -0.508 e. The van der Waals surface area contributed by atoms with E-state index in [1.807, 2.05) is 18.2 Å². The maximum atomic E-state index is 9.86. The third-order valence-corrected chi connectivity index (χ3v) is 4.66. The van der Waals surface area contributed by atoms with Crippen molar-refractivity contribution in [1.82, 2.24) is 9.97 Å². The molecule has 2 heterocycles. The fourth-order valence-electron chi connectivity index (χ4n) is 3.14. The number of nitrogens with zero attached hydrogens (tertiary/aromatic N) is 3. The van der Waals surface area contributed by atoms with Gasteiger partial charge in [-0.15, -0.1) is 0 Å². The summed E-state index contributed by atoms with van der Waals surface area (Å²) in [5, 5.41) is 20.6. The molecule has 0 spiro atoms. The number of ether oxygens (including phenoxy) is 1. The van der Waals surface area contributed by atoms with Gasteiger partial charge >= 0.3 is 0 Å². The zero-order valence-corrected chi connectivity index (χ0v) is 15.8. The average molecular weight is 390 g/mol. The Hall–Kier alpha value is -3.65. The van der Waals surface area contributed by atoms with Crippen LogP contribution in [0, 0.1) is 5.41 Å². The summed E-state index contributed by atoms with van der Waals surface area (Å²) in [6, 6.07) is 14.2. The van der Waals surface area contributed by atoms with Gasteiger partial charge in [0.1, 0.15) is 11.6 Å². The van der Waals surface area contributed by atoms with Crippen LogP contribution < -0.4 is 16.0 Å². The first-order valence-electron chi connectivity index (χ1n) is 9.30. The smallest absolute Gasteiger partial charge is 0.228 e. The summed E-state index contributed by atoms with van der Waals surface area (Å²) in [5.74, 6) is 1.39. The van der Waals surface area contributed by atoms with Gasteiger partial charge in [0.25, 0.3) is 0 Å². The number of hydrogen-bond acceptors (Lipinski definition) is 8. The molecule has 1 fully saturated rings. The SMILES string of the molecule is N=Cc1cc(Nc2cc(-c3cccc(O)c3)nc(N3CCOCC3)n2)ccc1N. The van der Waals surface area contributed by atoms with Gasteiger partial charge in [0.05, 0.1) is 18.9 Å². The second-order valence-electron chi connectivity index (χ2n) is 6.70. The van der Waals surface area contributed by atoms with Gasteiger partial charge in [-0.1, -0.05) is 12.1 Å². The maximum absolute atomic E-state index is 9.86. The van der Waals surface area contributed by atoms with Gasteiger partial charge in [-0.25, -0.2) is 4.98 Å². The van der Waals surface area contributed by atoms with Crippen molar-refractivity contribution in [3.8, 4) is 17.0 Å². The predicted octanol–water partition coefficient (Wildman–Crippen LogP) is 3.01. The van der Waals surface area contributed by atoms with Crippen molar-refractivity contribution in [2.45, 2.75) is 0 Å². The van der Waals surface area contributed by atoms with Crippen LogP contribution in [0.1, 0.15) is 5.56 Å². The molecule has 0 bridgehead atoms. The molecule has 8 nitrogen and oxygen atoms in total. The molecule has 1 aliphatic rings. The van der Waals surface area contributed by atoms with Crippen molar-refractivity contribution in [3.05, 3.63) is 54.1 Å². The van der Waals surface area contributed by atoms with E-state index in [-0.39, 0.29) is 5.75 Å². The normalized spacial score (nSPS) is 13.9. The van der Waals surface area contributed by atoms with Crippen molar-refractivity contribution in [3.63, 3.8) is 0 Å². The van der Waals surface area contributed by atoms with Crippen LogP contribution in [0.5, 0.6) is 5.75 Å². The number of anilines is 4. The van der Waals surface area contributed by atoms with E-state index in [4.69, 9.17) is 20.9 Å². The van der Waals surface area contributed by atoms with Crippen LogP contribution in [0.4, 0.5) is 23.1 Å². The third-order valence-electron chi connectivity index (χ3n) is 4.66. The Morgan fingerprint density at radius 2 is 1.93 bits per heavy atom. The van der Waals surface area contributed by atoms with Gasteiger partial charge in [-0.05, 0) is 30.3 Å². The molecular weight excluding hydrogens is 368 g/mol. The molecule has 0 saturated carbocycles. The van der Waals surface area contributed by atoms with Crippen LogP contribution in [0.25, 0.3) is 11.3 Å². The first kappa shape index (κ1) is 18.7. The number of phenols is 1. The van der Waals surface area contributed by atoms with Crippen molar-refractivity contribution >= 4 is 29.4 Å². The average Bonchev–Trinajstić information content (AvgIpc) is 2.75. The van der Waals surface area contributed by atoms with E-state index in [0.717, 1.165) is 11.3 Å². The highest BCUT2D eigenvalue weighted by Crippen LogP contribution is 2.28. The molecule has 3 aromatic rings. The molecule has 8 heteroatoms. The Kier molecular flexibility index (Phi) is 5.26. The first-order valence-corrected chi connectivity index (χ1v) is 9.30. The molecule has 1 aliphatic heterocycles. The second-order valence-corrected chi connectivity index (χ2v) is 6.70. The summed E-state index contributed by atoms with van der Waals surface area (Å²) < 4.78 is 5.44. The number of morpholine rings is 1. The fraction of sp³-hybridized carbons (Fsp3) is 0.190. The molecule has 1 aromatic heterocycles. The van der Waals surface area contributed by atoms with Crippen LogP contribution in [0.2, 0.25) is 0 Å². The summed E-state index contributed by atoms with van der Waals surface area (Å²) in [4.78, 5) is 11.5. The number of benzene rings is 2. The molecule has 148 valence electrons. The predicted molar refractivity (Wildman–Crippen MR) is 114 cm³/mol. The largest absolute Gasteiger partial charge is 0.508 e. The zero-order valence-electron chi connectivity index (χ0n) is 15.8. The number of rotatable bonds is 5. The highest BCUT2D eigenvalue weighted by Gasteiger charge is 2.17. The van der Waals surface area contributed by atoms with E-state index < -0.39 is 0 Å². The molecule has 5 N–H and O–H groups in total. The second kappa shape index (κ2) is 8.15. The lowest BCUT2D eigenvalue weighted by atomic mass is 10.1. The van der Waals surface area contributed by atoms with Crippen molar-refractivity contribution in [1.29, 1.82) is 5.41 Å². The lowest BCUT2D eigenvalue weighted by Gasteiger charge is -2.27. The van der Waals surface area contributed by atoms with Gasteiger partial charge < -0.3 is 31.2 Å². The van der Waals surface area contributed by atoms with Crippen LogP contribution in [-0.2, 0) is 4.74 Å². The third kappa shape index (κ3) is 4.27. The topological polar surface area (TPSA) is 120 Å². The number of nitrogens with one attached hydrogen (secondary N) is 2.